The van der Waals surface area contributed by atoms with Crippen molar-refractivity contribution in [2.24, 2.45) is 5.84 Å². The summed E-state index contributed by atoms with van der Waals surface area (Å²) in [7, 11) is 0. The third kappa shape index (κ3) is 8.08. The van der Waals surface area contributed by atoms with Crippen LogP contribution in [0.3, 0.4) is 0 Å². The molecule has 0 amide bonds. The lowest BCUT2D eigenvalue weighted by Gasteiger charge is -2.14. The fourth-order valence-electron chi connectivity index (χ4n) is 2.30. The van der Waals surface area contributed by atoms with Gasteiger partial charge in [0.15, 0.2) is 0 Å². The lowest BCUT2D eigenvalue weighted by atomic mass is 10.0. The molecule has 0 fully saturated rings. The van der Waals surface area contributed by atoms with Crippen molar-refractivity contribution in [1.29, 1.82) is 0 Å². The molecular formula is C15H27BrN2S. The molecule has 2 nitrogen and oxygen atoms in total. The fraction of sp³-hybridized carbons (Fsp3) is 0.733. The molecule has 1 aromatic heterocycles. The van der Waals surface area contributed by atoms with Gasteiger partial charge in [-0.25, -0.2) is 0 Å². The SMILES string of the molecule is CCCCCCCCCC(Cc1ccc(Br)s1)NN. The van der Waals surface area contributed by atoms with E-state index < -0.39 is 0 Å². The number of hydrazine groups is 1. The van der Waals surface area contributed by atoms with Crippen LogP contribution in [0.4, 0.5) is 0 Å². The average molecular weight is 347 g/mol. The molecule has 0 bridgehead atoms. The second-order valence-electron chi connectivity index (χ2n) is 5.18. The Morgan fingerprint density at radius 1 is 1.16 bits per heavy atom. The fourth-order valence-corrected chi connectivity index (χ4v) is 3.86. The minimum Gasteiger partial charge on any atom is -0.271 e. The minimum atomic E-state index is 0.418. The molecule has 0 aromatic carbocycles. The first-order valence-electron chi connectivity index (χ1n) is 7.46. The zero-order valence-electron chi connectivity index (χ0n) is 12.0. The van der Waals surface area contributed by atoms with E-state index in [-0.39, 0.29) is 0 Å². The van der Waals surface area contributed by atoms with Crippen LogP contribution in [-0.2, 0) is 6.42 Å². The Morgan fingerprint density at radius 3 is 2.42 bits per heavy atom. The van der Waals surface area contributed by atoms with Crippen LogP contribution in [0.2, 0.25) is 0 Å². The van der Waals surface area contributed by atoms with Crippen LogP contribution in [0.1, 0.15) is 63.2 Å². The molecule has 0 spiro atoms. The van der Waals surface area contributed by atoms with Crippen LogP contribution in [-0.4, -0.2) is 6.04 Å². The van der Waals surface area contributed by atoms with Gasteiger partial charge in [0.2, 0.25) is 0 Å². The summed E-state index contributed by atoms with van der Waals surface area (Å²) in [6.07, 6.45) is 11.7. The first-order chi connectivity index (χ1) is 9.26. The van der Waals surface area contributed by atoms with Gasteiger partial charge in [0.05, 0.1) is 3.79 Å². The van der Waals surface area contributed by atoms with Crippen molar-refractivity contribution in [3.63, 3.8) is 0 Å². The van der Waals surface area contributed by atoms with Crippen molar-refractivity contribution < 1.29 is 0 Å². The predicted octanol–water partition coefficient (Wildman–Crippen LogP) is 5.03. The van der Waals surface area contributed by atoms with E-state index in [0.29, 0.717) is 6.04 Å². The summed E-state index contributed by atoms with van der Waals surface area (Å²) in [4.78, 5) is 1.40. The molecule has 0 saturated heterocycles. The lowest BCUT2D eigenvalue weighted by molar-refractivity contribution is 0.460. The van der Waals surface area contributed by atoms with Crippen molar-refractivity contribution in [1.82, 2.24) is 5.43 Å². The highest BCUT2D eigenvalue weighted by Gasteiger charge is 2.09. The highest BCUT2D eigenvalue weighted by atomic mass is 79.9. The Hall–Kier alpha value is 0.1000. The number of unbranched alkanes of at least 4 members (excludes halogenated alkanes) is 6. The highest BCUT2D eigenvalue weighted by Crippen LogP contribution is 2.24. The van der Waals surface area contributed by atoms with Gasteiger partial charge >= 0.3 is 0 Å². The molecule has 0 radical (unpaired) electrons. The van der Waals surface area contributed by atoms with Crippen molar-refractivity contribution in [2.75, 3.05) is 0 Å². The highest BCUT2D eigenvalue weighted by molar-refractivity contribution is 9.11. The Balaban J connectivity index is 2.08. The maximum Gasteiger partial charge on any atom is 0.0701 e. The zero-order valence-corrected chi connectivity index (χ0v) is 14.4. The maximum atomic E-state index is 5.65. The van der Waals surface area contributed by atoms with E-state index in [9.17, 15) is 0 Å². The largest absolute Gasteiger partial charge is 0.271 e. The average Bonchev–Trinajstić information content (AvgIpc) is 2.81. The molecule has 4 heteroatoms. The van der Waals surface area contributed by atoms with Crippen molar-refractivity contribution >= 4 is 27.3 Å². The van der Waals surface area contributed by atoms with Crippen LogP contribution >= 0.6 is 27.3 Å². The maximum absolute atomic E-state index is 5.65. The van der Waals surface area contributed by atoms with E-state index in [1.54, 1.807) is 11.3 Å². The number of thiophene rings is 1. The molecule has 3 N–H and O–H groups in total. The molecule has 1 unspecified atom stereocenters. The smallest absolute Gasteiger partial charge is 0.0701 e. The van der Waals surface area contributed by atoms with Crippen molar-refractivity contribution in [3.05, 3.63) is 20.8 Å². The molecule has 1 atom stereocenters. The van der Waals surface area contributed by atoms with E-state index in [2.05, 4.69) is 40.4 Å². The third-order valence-electron chi connectivity index (χ3n) is 3.47. The lowest BCUT2D eigenvalue weighted by Crippen LogP contribution is -2.36. The van der Waals surface area contributed by atoms with Gasteiger partial charge in [-0.05, 0) is 40.9 Å². The summed E-state index contributed by atoms with van der Waals surface area (Å²) in [6, 6.07) is 4.71. The van der Waals surface area contributed by atoms with Crippen molar-refractivity contribution in [2.45, 2.75) is 70.8 Å². The second kappa shape index (κ2) is 10.8. The summed E-state index contributed by atoms with van der Waals surface area (Å²) < 4.78 is 1.20. The molecule has 1 heterocycles. The Labute approximate surface area is 130 Å². The van der Waals surface area contributed by atoms with Gasteiger partial charge in [0.25, 0.3) is 0 Å². The number of hydrogen-bond acceptors (Lipinski definition) is 3. The number of rotatable bonds is 11. The normalized spacial score (nSPS) is 12.8. The minimum absolute atomic E-state index is 0.418. The number of halogens is 1. The van der Waals surface area contributed by atoms with Gasteiger partial charge in [0.1, 0.15) is 0 Å². The monoisotopic (exact) mass is 346 g/mol. The standard InChI is InChI=1S/C15H27BrN2S/c1-2-3-4-5-6-7-8-9-13(18-17)12-14-10-11-15(16)19-14/h10-11,13,18H,2-9,12,17H2,1H3. The first-order valence-corrected chi connectivity index (χ1v) is 9.07. The van der Waals surface area contributed by atoms with E-state index >= 15 is 0 Å². The molecule has 0 aliphatic carbocycles. The topological polar surface area (TPSA) is 38.0 Å². The molecular weight excluding hydrogens is 320 g/mol. The number of nitrogens with one attached hydrogen (secondary N) is 1. The summed E-state index contributed by atoms with van der Waals surface area (Å²) in [5.74, 6) is 5.65. The van der Waals surface area contributed by atoms with Crippen LogP contribution < -0.4 is 11.3 Å². The van der Waals surface area contributed by atoms with Crippen LogP contribution in [0.5, 0.6) is 0 Å². The quantitative estimate of drug-likeness (QED) is 0.335. The zero-order chi connectivity index (χ0) is 13.9. The molecule has 1 aromatic rings. The Bertz CT molecular complexity index is 328. The third-order valence-corrected chi connectivity index (χ3v) is 5.11. The van der Waals surface area contributed by atoms with Gasteiger partial charge in [-0.1, -0.05) is 51.9 Å². The summed E-state index contributed by atoms with van der Waals surface area (Å²) in [5, 5.41) is 0. The van der Waals surface area contributed by atoms with Gasteiger partial charge in [-0.3, -0.25) is 11.3 Å². The second-order valence-corrected chi connectivity index (χ2v) is 7.73. The van der Waals surface area contributed by atoms with Gasteiger partial charge in [0, 0.05) is 10.9 Å². The van der Waals surface area contributed by atoms with E-state index in [0.717, 1.165) is 6.42 Å². The van der Waals surface area contributed by atoms with E-state index in [1.807, 2.05) is 0 Å². The van der Waals surface area contributed by atoms with Crippen LogP contribution in [0, 0.1) is 0 Å². The first kappa shape index (κ1) is 17.2. The summed E-state index contributed by atoms with van der Waals surface area (Å²) in [6.45, 7) is 2.26. The Kier molecular flexibility index (Phi) is 9.78. The number of hydrogen-bond donors (Lipinski definition) is 2. The molecule has 0 saturated carbocycles. The molecule has 0 aliphatic heterocycles. The van der Waals surface area contributed by atoms with Gasteiger partial charge in [-0.15, -0.1) is 11.3 Å². The summed E-state index contributed by atoms with van der Waals surface area (Å²) in [5.41, 5.74) is 2.96. The molecule has 1 rings (SSSR count). The molecule has 19 heavy (non-hydrogen) atoms. The van der Waals surface area contributed by atoms with Gasteiger partial charge in [-0.2, -0.15) is 0 Å². The van der Waals surface area contributed by atoms with Crippen LogP contribution in [0.15, 0.2) is 15.9 Å². The summed E-state index contributed by atoms with van der Waals surface area (Å²) >= 11 is 5.31. The predicted molar refractivity (Wildman–Crippen MR) is 89.4 cm³/mol. The number of nitrogens with two attached hydrogens (primary N) is 1. The van der Waals surface area contributed by atoms with Crippen LogP contribution in [0.25, 0.3) is 0 Å². The molecule has 110 valence electrons. The van der Waals surface area contributed by atoms with E-state index in [4.69, 9.17) is 5.84 Å². The van der Waals surface area contributed by atoms with E-state index in [1.165, 1.54) is 60.0 Å². The van der Waals surface area contributed by atoms with Gasteiger partial charge < -0.3 is 0 Å². The molecule has 0 aliphatic rings. The van der Waals surface area contributed by atoms with Crippen molar-refractivity contribution in [3.8, 4) is 0 Å². The Morgan fingerprint density at radius 2 is 1.84 bits per heavy atom.